The van der Waals surface area contributed by atoms with Crippen molar-refractivity contribution in [3.63, 3.8) is 0 Å². The van der Waals surface area contributed by atoms with E-state index in [1.807, 2.05) is 4.72 Å². The number of aromatic nitrogens is 3. The van der Waals surface area contributed by atoms with Gasteiger partial charge in [-0.1, -0.05) is 13.3 Å². The Hall–Kier alpha value is -3.08. The Labute approximate surface area is 177 Å². The van der Waals surface area contributed by atoms with E-state index in [0.717, 1.165) is 37.2 Å². The van der Waals surface area contributed by atoms with Crippen LogP contribution in [0, 0.1) is 11.6 Å². The molecule has 0 spiro atoms. The molecule has 0 atom stereocenters. The second-order valence-corrected chi connectivity index (χ2v) is 9.35. The molecular weight excluding hydrogens is 428 g/mol. The van der Waals surface area contributed by atoms with E-state index in [1.54, 1.807) is 13.0 Å². The predicted octanol–water partition coefficient (Wildman–Crippen LogP) is 3.91. The fourth-order valence-corrected chi connectivity index (χ4v) is 4.51. The lowest BCUT2D eigenvalue weighted by Gasteiger charge is -2.22. The Morgan fingerprint density at radius 2 is 2.06 bits per heavy atom. The zero-order valence-electron chi connectivity index (χ0n) is 16.7. The van der Waals surface area contributed by atoms with Gasteiger partial charge in [-0.2, -0.15) is 0 Å². The highest BCUT2D eigenvalue weighted by Crippen LogP contribution is 2.35. The van der Waals surface area contributed by atoms with E-state index in [-0.39, 0.29) is 11.4 Å². The molecule has 2 aromatic heterocycles. The number of anilines is 2. The summed E-state index contributed by atoms with van der Waals surface area (Å²) in [5.74, 6) is -2.50. The first-order chi connectivity index (χ1) is 14.8. The third kappa shape index (κ3) is 4.36. The van der Waals surface area contributed by atoms with Gasteiger partial charge in [0.2, 0.25) is 10.0 Å². The molecule has 1 fully saturated rings. The average Bonchev–Trinajstić information content (AvgIpc) is 3.05. The summed E-state index contributed by atoms with van der Waals surface area (Å²) in [7, 11) is -3.81. The number of benzene rings is 1. The largest absolute Gasteiger partial charge is 0.340 e. The van der Waals surface area contributed by atoms with Gasteiger partial charge in [-0.3, -0.25) is 9.52 Å². The zero-order valence-corrected chi connectivity index (χ0v) is 17.5. The van der Waals surface area contributed by atoms with E-state index in [9.17, 15) is 22.0 Å². The van der Waals surface area contributed by atoms with Crippen LogP contribution in [0.1, 0.15) is 54.7 Å². The van der Waals surface area contributed by atoms with Crippen molar-refractivity contribution in [2.45, 2.75) is 38.5 Å². The lowest BCUT2D eigenvalue weighted by atomic mass is 9.85. The highest BCUT2D eigenvalue weighted by Gasteiger charge is 2.25. The molecule has 4 rings (SSSR count). The van der Waals surface area contributed by atoms with E-state index < -0.39 is 38.8 Å². The molecule has 0 bridgehead atoms. The summed E-state index contributed by atoms with van der Waals surface area (Å²) >= 11 is 0. The molecule has 3 aromatic rings. The molecule has 0 radical (unpaired) electrons. The molecule has 31 heavy (non-hydrogen) atoms. The maximum absolute atomic E-state index is 14.8. The van der Waals surface area contributed by atoms with Gasteiger partial charge in [0.05, 0.1) is 28.8 Å². The van der Waals surface area contributed by atoms with Gasteiger partial charge in [0, 0.05) is 5.92 Å². The van der Waals surface area contributed by atoms with Gasteiger partial charge in [0.15, 0.2) is 11.5 Å². The number of aromatic amines is 1. The zero-order chi connectivity index (χ0) is 22.2. The maximum Gasteiger partial charge on any atom is 0.261 e. The first-order valence-electron chi connectivity index (χ1n) is 9.93. The number of hydrogen-bond donors (Lipinski definition) is 3. The normalized spacial score (nSPS) is 14.4. The minimum atomic E-state index is -3.81. The number of amides is 1. The molecule has 1 saturated carbocycles. The Bertz CT molecular complexity index is 1260. The molecule has 164 valence electrons. The minimum Gasteiger partial charge on any atom is -0.340 e. The quantitative estimate of drug-likeness (QED) is 0.506. The van der Waals surface area contributed by atoms with Crippen LogP contribution >= 0.6 is 0 Å². The van der Waals surface area contributed by atoms with E-state index in [0.29, 0.717) is 23.5 Å². The van der Waals surface area contributed by atoms with Crippen LogP contribution in [-0.2, 0) is 10.0 Å². The number of carbonyl (C=O) groups is 1. The van der Waals surface area contributed by atoms with Crippen LogP contribution in [0.4, 0.5) is 20.2 Å². The fraction of sp³-hybridized carbons (Fsp3) is 0.350. The van der Waals surface area contributed by atoms with Crippen molar-refractivity contribution < 1.29 is 22.0 Å². The molecule has 8 nitrogen and oxygen atoms in total. The number of halogens is 2. The second-order valence-electron chi connectivity index (χ2n) is 7.50. The van der Waals surface area contributed by atoms with Crippen molar-refractivity contribution in [3.8, 4) is 0 Å². The molecule has 1 aliphatic carbocycles. The third-order valence-corrected chi connectivity index (χ3v) is 6.64. The van der Waals surface area contributed by atoms with E-state index in [4.69, 9.17) is 0 Å². The van der Waals surface area contributed by atoms with Crippen molar-refractivity contribution in [1.82, 2.24) is 15.0 Å². The smallest absolute Gasteiger partial charge is 0.261 e. The maximum atomic E-state index is 14.8. The lowest BCUT2D eigenvalue weighted by Crippen LogP contribution is -2.20. The van der Waals surface area contributed by atoms with Gasteiger partial charge >= 0.3 is 0 Å². The van der Waals surface area contributed by atoms with Gasteiger partial charge in [-0.05, 0) is 37.5 Å². The number of sulfonamides is 1. The number of nitrogens with zero attached hydrogens (tertiary/aromatic N) is 2. The number of pyridine rings is 1. The predicted molar refractivity (Wildman–Crippen MR) is 112 cm³/mol. The Morgan fingerprint density at radius 3 is 2.74 bits per heavy atom. The third-order valence-electron chi connectivity index (χ3n) is 5.16. The lowest BCUT2D eigenvalue weighted by molar-refractivity contribution is 0.101. The number of imidazole rings is 1. The first-order valence-corrected chi connectivity index (χ1v) is 11.6. The Kier molecular flexibility index (Phi) is 5.61. The molecule has 2 heterocycles. The molecule has 0 aliphatic heterocycles. The number of nitrogens with one attached hydrogen (secondary N) is 3. The molecule has 0 unspecified atom stereocenters. The van der Waals surface area contributed by atoms with E-state index >= 15 is 0 Å². The molecule has 1 aromatic carbocycles. The fourth-order valence-electron chi connectivity index (χ4n) is 3.38. The standard InChI is InChI=1S/C20H21F2N5O3S/c1-2-8-31(29,30)27-14-7-6-13(21)16(17(14)22)20(28)24-12-9-15-19(23-10-12)26-18(25-15)11-4-3-5-11/h6-7,9-11,27H,2-5,8H2,1H3,(H,24,28)(H,23,25,26). The van der Waals surface area contributed by atoms with E-state index in [2.05, 4.69) is 20.3 Å². The van der Waals surface area contributed by atoms with Gasteiger partial charge in [-0.25, -0.2) is 27.2 Å². The van der Waals surface area contributed by atoms with Crippen LogP contribution in [-0.4, -0.2) is 35.0 Å². The van der Waals surface area contributed by atoms with Crippen molar-refractivity contribution in [2.24, 2.45) is 0 Å². The van der Waals surface area contributed by atoms with Crippen molar-refractivity contribution >= 4 is 38.5 Å². The number of H-pyrrole nitrogens is 1. The summed E-state index contributed by atoms with van der Waals surface area (Å²) in [6.45, 7) is 1.65. The van der Waals surface area contributed by atoms with Crippen LogP contribution in [0.15, 0.2) is 24.4 Å². The van der Waals surface area contributed by atoms with E-state index in [1.165, 1.54) is 6.20 Å². The van der Waals surface area contributed by atoms with Crippen LogP contribution in [0.25, 0.3) is 11.2 Å². The number of hydrogen-bond acceptors (Lipinski definition) is 5. The first kappa shape index (κ1) is 21.2. The van der Waals surface area contributed by atoms with Crippen LogP contribution < -0.4 is 10.0 Å². The minimum absolute atomic E-state index is 0.220. The van der Waals surface area contributed by atoms with Crippen molar-refractivity contribution in [1.29, 1.82) is 0 Å². The number of fused-ring (bicyclic) bond motifs is 1. The molecule has 11 heteroatoms. The Balaban J connectivity index is 1.58. The van der Waals surface area contributed by atoms with Crippen LogP contribution in [0.5, 0.6) is 0 Å². The number of carbonyl (C=O) groups excluding carboxylic acids is 1. The van der Waals surface area contributed by atoms with Gasteiger partial charge in [0.25, 0.3) is 5.91 Å². The highest BCUT2D eigenvalue weighted by molar-refractivity contribution is 7.92. The van der Waals surface area contributed by atoms with Crippen LogP contribution in [0.2, 0.25) is 0 Å². The molecule has 0 saturated heterocycles. The SMILES string of the molecule is CCCS(=O)(=O)Nc1ccc(F)c(C(=O)Nc2cnc3nc(C4CCC4)[nH]c3c2)c1F. The molecule has 1 amide bonds. The summed E-state index contributed by atoms with van der Waals surface area (Å²) in [6.07, 6.45) is 4.92. The highest BCUT2D eigenvalue weighted by atomic mass is 32.2. The number of rotatable bonds is 7. The molecule has 1 aliphatic rings. The van der Waals surface area contributed by atoms with Crippen LogP contribution in [0.3, 0.4) is 0 Å². The summed E-state index contributed by atoms with van der Waals surface area (Å²) in [4.78, 5) is 24.4. The van der Waals surface area contributed by atoms with Gasteiger partial charge < -0.3 is 10.3 Å². The topological polar surface area (TPSA) is 117 Å². The summed E-state index contributed by atoms with van der Waals surface area (Å²) in [5, 5.41) is 2.41. The monoisotopic (exact) mass is 449 g/mol. The molecular formula is C20H21F2N5O3S. The summed E-state index contributed by atoms with van der Waals surface area (Å²) in [5.41, 5.74) is -0.0766. The molecule has 3 N–H and O–H groups in total. The second kappa shape index (κ2) is 8.22. The summed E-state index contributed by atoms with van der Waals surface area (Å²) < 4.78 is 54.9. The van der Waals surface area contributed by atoms with Crippen molar-refractivity contribution in [3.05, 3.63) is 47.4 Å². The van der Waals surface area contributed by atoms with Gasteiger partial charge in [0.1, 0.15) is 17.2 Å². The average molecular weight is 449 g/mol. The Morgan fingerprint density at radius 1 is 1.29 bits per heavy atom. The van der Waals surface area contributed by atoms with Crippen molar-refractivity contribution in [2.75, 3.05) is 15.8 Å². The summed E-state index contributed by atoms with van der Waals surface area (Å²) in [6, 6.07) is 3.36. The van der Waals surface area contributed by atoms with Gasteiger partial charge in [-0.15, -0.1) is 0 Å².